The maximum atomic E-state index is 12.3. The molecule has 3 unspecified atom stereocenters. The second-order valence-electron chi connectivity index (χ2n) is 15.2. The SMILES string of the molecule is CCCCC/C=C\C/C=C\CCCCCCCCCC(=O)OCC(O)COP(=O)(O)OCC(NC(=O)CCCCCCC/C=C\CCCCCCCCC)C(=O)O. The van der Waals surface area contributed by atoms with Gasteiger partial charge in [0.25, 0.3) is 0 Å². The fraction of sp³-hybridized carbons (Fsp3) is 0.800. The number of ether oxygens (including phenoxy) is 1. The van der Waals surface area contributed by atoms with Crippen LogP contribution in [-0.2, 0) is 32.7 Å². The van der Waals surface area contributed by atoms with E-state index in [0.29, 0.717) is 12.8 Å². The summed E-state index contributed by atoms with van der Waals surface area (Å²) in [5.74, 6) is -2.39. The van der Waals surface area contributed by atoms with Crippen LogP contribution in [0.5, 0.6) is 0 Å². The lowest BCUT2D eigenvalue weighted by Crippen LogP contribution is -2.43. The molecule has 0 aliphatic heterocycles. The second kappa shape index (κ2) is 40.5. The van der Waals surface area contributed by atoms with Gasteiger partial charge >= 0.3 is 19.8 Å². The predicted molar refractivity (Wildman–Crippen MR) is 231 cm³/mol. The number of carbonyl (C=O) groups is 3. The van der Waals surface area contributed by atoms with Crippen LogP contribution < -0.4 is 5.32 Å². The van der Waals surface area contributed by atoms with Gasteiger partial charge in [0.1, 0.15) is 12.7 Å². The van der Waals surface area contributed by atoms with Crippen LogP contribution in [0.4, 0.5) is 0 Å². The number of hydrogen-bond donors (Lipinski definition) is 4. The highest BCUT2D eigenvalue weighted by Gasteiger charge is 2.28. The summed E-state index contributed by atoms with van der Waals surface area (Å²) in [6.07, 6.45) is 43.0. The standard InChI is InChI=1S/C45H82NO10P/c1-3-5-7-9-11-13-15-17-19-21-23-25-27-29-31-33-35-37-44(49)54-38-41(47)39-55-57(52,53)56-40-42(45(50)51)46-43(48)36-34-32-30-28-26-24-22-20-18-16-14-12-10-8-6-4-2/h11,13,17,19-20,22,41-42,47H,3-10,12,14-16,18,21,23-40H2,1-2H3,(H,46,48)(H,50,51)(H,52,53)/b13-11-,19-17-,22-20-. The molecule has 0 bridgehead atoms. The van der Waals surface area contributed by atoms with Gasteiger partial charge in [-0.1, -0.05) is 153 Å². The average Bonchev–Trinajstić information content (AvgIpc) is 3.18. The molecule has 0 fully saturated rings. The molecule has 0 saturated heterocycles. The third kappa shape index (κ3) is 40.3. The molecule has 0 saturated carbocycles. The van der Waals surface area contributed by atoms with Gasteiger partial charge in [0.2, 0.25) is 5.91 Å². The molecule has 0 aromatic rings. The predicted octanol–water partition coefficient (Wildman–Crippen LogP) is 11.6. The Hall–Kier alpha value is -2.30. The van der Waals surface area contributed by atoms with Crippen LogP contribution in [0.3, 0.4) is 0 Å². The van der Waals surface area contributed by atoms with Crippen LogP contribution in [0.1, 0.15) is 200 Å². The first-order valence-corrected chi connectivity index (χ1v) is 24.0. The molecule has 3 atom stereocenters. The zero-order valence-electron chi connectivity index (χ0n) is 35.9. The van der Waals surface area contributed by atoms with E-state index < -0.39 is 57.6 Å². The van der Waals surface area contributed by atoms with Crippen molar-refractivity contribution < 1.29 is 47.8 Å². The minimum absolute atomic E-state index is 0.135. The van der Waals surface area contributed by atoms with E-state index in [0.717, 1.165) is 70.6 Å². The maximum Gasteiger partial charge on any atom is 0.472 e. The lowest BCUT2D eigenvalue weighted by Gasteiger charge is -2.18. The Morgan fingerprint density at radius 3 is 1.47 bits per heavy atom. The average molecular weight is 828 g/mol. The molecule has 0 aromatic carbocycles. The van der Waals surface area contributed by atoms with E-state index in [-0.39, 0.29) is 12.8 Å². The van der Waals surface area contributed by atoms with Gasteiger partial charge in [0, 0.05) is 12.8 Å². The van der Waals surface area contributed by atoms with E-state index in [9.17, 15) is 34.1 Å². The third-order valence-electron chi connectivity index (χ3n) is 9.65. The first-order chi connectivity index (χ1) is 27.6. The van der Waals surface area contributed by atoms with Crippen molar-refractivity contribution in [2.75, 3.05) is 19.8 Å². The highest BCUT2D eigenvalue weighted by molar-refractivity contribution is 7.47. The number of nitrogens with one attached hydrogen (secondary N) is 1. The zero-order valence-corrected chi connectivity index (χ0v) is 36.8. The number of rotatable bonds is 42. The summed E-state index contributed by atoms with van der Waals surface area (Å²) in [6.45, 7) is 2.56. The van der Waals surface area contributed by atoms with E-state index in [2.05, 4.69) is 55.6 Å². The molecular weight excluding hydrogens is 745 g/mol. The first kappa shape index (κ1) is 54.7. The smallest absolute Gasteiger partial charge is 0.472 e. The molecule has 0 radical (unpaired) electrons. The van der Waals surface area contributed by atoms with Gasteiger partial charge in [-0.15, -0.1) is 0 Å². The fourth-order valence-electron chi connectivity index (χ4n) is 6.10. The molecule has 0 heterocycles. The van der Waals surface area contributed by atoms with Crippen molar-refractivity contribution in [3.8, 4) is 0 Å². The van der Waals surface area contributed by atoms with E-state index in [1.165, 1.54) is 89.9 Å². The number of aliphatic hydroxyl groups is 1. The van der Waals surface area contributed by atoms with Crippen molar-refractivity contribution in [2.45, 2.75) is 212 Å². The normalized spacial score (nSPS) is 14.0. The lowest BCUT2D eigenvalue weighted by molar-refractivity contribution is -0.147. The molecular formula is C45H82NO10P. The van der Waals surface area contributed by atoms with Gasteiger partial charge in [0.15, 0.2) is 6.04 Å². The van der Waals surface area contributed by atoms with Gasteiger partial charge in [-0.25, -0.2) is 9.36 Å². The Labute approximate surface area is 346 Å². The molecule has 4 N–H and O–H groups in total. The number of esters is 1. The number of carboxylic acids is 1. The number of unbranched alkanes of at least 4 members (excludes halogenated alkanes) is 22. The van der Waals surface area contributed by atoms with Gasteiger partial charge in [-0.05, 0) is 70.6 Å². The van der Waals surface area contributed by atoms with E-state index in [1.807, 2.05) is 0 Å². The van der Waals surface area contributed by atoms with Gasteiger partial charge in [-0.3, -0.25) is 18.6 Å². The van der Waals surface area contributed by atoms with Gasteiger partial charge in [-0.2, -0.15) is 0 Å². The molecule has 11 nitrogen and oxygen atoms in total. The Kier molecular flexibility index (Phi) is 38.8. The monoisotopic (exact) mass is 828 g/mol. The van der Waals surface area contributed by atoms with Crippen LogP contribution in [0.15, 0.2) is 36.5 Å². The number of hydrogen-bond acceptors (Lipinski definition) is 8. The van der Waals surface area contributed by atoms with Crippen LogP contribution in [0, 0.1) is 0 Å². The largest absolute Gasteiger partial charge is 0.480 e. The molecule has 0 spiro atoms. The maximum absolute atomic E-state index is 12.3. The molecule has 0 aliphatic rings. The number of aliphatic hydroxyl groups excluding tert-OH is 1. The Balaban J connectivity index is 3.91. The highest BCUT2D eigenvalue weighted by Crippen LogP contribution is 2.43. The summed E-state index contributed by atoms with van der Waals surface area (Å²) >= 11 is 0. The Bertz CT molecular complexity index is 1110. The van der Waals surface area contributed by atoms with Crippen LogP contribution in [-0.4, -0.2) is 64.9 Å². The topological polar surface area (TPSA) is 169 Å². The van der Waals surface area contributed by atoms with Crippen LogP contribution >= 0.6 is 7.82 Å². The number of amides is 1. The van der Waals surface area contributed by atoms with Crippen molar-refractivity contribution in [3.63, 3.8) is 0 Å². The molecule has 0 aromatic heterocycles. The minimum Gasteiger partial charge on any atom is -0.480 e. The molecule has 0 aliphatic carbocycles. The summed E-state index contributed by atoms with van der Waals surface area (Å²) in [7, 11) is -4.76. The minimum atomic E-state index is -4.76. The van der Waals surface area contributed by atoms with Crippen molar-refractivity contribution in [2.24, 2.45) is 0 Å². The summed E-state index contributed by atoms with van der Waals surface area (Å²) in [5, 5.41) is 21.8. The summed E-state index contributed by atoms with van der Waals surface area (Å²) in [5.41, 5.74) is 0. The molecule has 12 heteroatoms. The van der Waals surface area contributed by atoms with Gasteiger partial charge in [0.05, 0.1) is 13.2 Å². The quantitative estimate of drug-likeness (QED) is 0.0201. The summed E-state index contributed by atoms with van der Waals surface area (Å²) in [4.78, 5) is 45.9. The van der Waals surface area contributed by atoms with E-state index >= 15 is 0 Å². The second-order valence-corrected chi connectivity index (χ2v) is 16.7. The number of phosphoric acid groups is 1. The van der Waals surface area contributed by atoms with Crippen molar-refractivity contribution in [3.05, 3.63) is 36.5 Å². The fourth-order valence-corrected chi connectivity index (χ4v) is 6.88. The first-order valence-electron chi connectivity index (χ1n) is 22.5. The Morgan fingerprint density at radius 1 is 0.561 bits per heavy atom. The van der Waals surface area contributed by atoms with E-state index in [4.69, 9.17) is 13.8 Å². The number of allylic oxidation sites excluding steroid dienone is 6. The number of phosphoric ester groups is 1. The number of aliphatic carboxylic acids is 1. The van der Waals surface area contributed by atoms with Crippen LogP contribution in [0.2, 0.25) is 0 Å². The zero-order chi connectivity index (χ0) is 42.1. The van der Waals surface area contributed by atoms with Crippen molar-refractivity contribution >= 4 is 25.7 Å². The van der Waals surface area contributed by atoms with Crippen LogP contribution in [0.25, 0.3) is 0 Å². The molecule has 0 rings (SSSR count). The highest BCUT2D eigenvalue weighted by atomic mass is 31.2. The van der Waals surface area contributed by atoms with Crippen molar-refractivity contribution in [1.82, 2.24) is 5.32 Å². The summed E-state index contributed by atoms with van der Waals surface area (Å²) in [6, 6.07) is -1.55. The van der Waals surface area contributed by atoms with Crippen molar-refractivity contribution in [1.29, 1.82) is 0 Å². The Morgan fingerprint density at radius 2 is 0.965 bits per heavy atom. The number of carboxylic acid groups (broad SMARTS) is 1. The molecule has 1 amide bonds. The number of carbonyl (C=O) groups excluding carboxylic acids is 2. The third-order valence-corrected chi connectivity index (χ3v) is 10.6. The molecule has 332 valence electrons. The van der Waals surface area contributed by atoms with Gasteiger partial charge < -0.3 is 25.2 Å². The molecule has 57 heavy (non-hydrogen) atoms. The summed E-state index contributed by atoms with van der Waals surface area (Å²) < 4.78 is 26.8. The van der Waals surface area contributed by atoms with E-state index in [1.54, 1.807) is 0 Å². The lowest BCUT2D eigenvalue weighted by atomic mass is 10.1.